The fourth-order valence-corrected chi connectivity index (χ4v) is 4.68. The number of carbonyl (C=O) groups excluding carboxylic acids is 1. The fraction of sp³-hybridized carbons (Fsp3) is 0.278. The van der Waals surface area contributed by atoms with Crippen molar-refractivity contribution in [1.29, 1.82) is 0 Å². The molecule has 3 rings (SSSR count). The first-order valence-corrected chi connectivity index (χ1v) is 9.64. The lowest BCUT2D eigenvalue weighted by Crippen LogP contribution is -2.30. The number of nitro groups is 1. The van der Waals surface area contributed by atoms with Gasteiger partial charge in [-0.05, 0) is 24.6 Å². The monoisotopic (exact) mass is 389 g/mol. The number of carbonyl (C=O) groups is 1. The van der Waals surface area contributed by atoms with Gasteiger partial charge in [-0.25, -0.2) is 8.42 Å². The molecule has 0 aliphatic carbocycles. The number of likely N-dealkylation sites (N-methyl/N-ethyl adjacent to an activating group) is 1. The Morgan fingerprint density at radius 2 is 1.63 bits per heavy atom. The van der Waals surface area contributed by atoms with E-state index in [1.807, 2.05) is 6.92 Å². The van der Waals surface area contributed by atoms with Crippen molar-refractivity contribution in [1.82, 2.24) is 9.21 Å². The van der Waals surface area contributed by atoms with Crippen LogP contribution in [-0.2, 0) is 14.8 Å². The molecule has 1 amide bonds. The minimum absolute atomic E-state index is 0.0946. The maximum absolute atomic E-state index is 13.0. The largest absolute Gasteiger partial charge is 0.347 e. The van der Waals surface area contributed by atoms with Gasteiger partial charge >= 0.3 is 0 Å². The van der Waals surface area contributed by atoms with Crippen LogP contribution >= 0.6 is 0 Å². The van der Waals surface area contributed by atoms with Crippen LogP contribution in [0, 0.1) is 17.0 Å². The van der Waals surface area contributed by atoms with E-state index in [0.29, 0.717) is 5.56 Å². The van der Waals surface area contributed by atoms with Crippen molar-refractivity contribution in [3.8, 4) is 0 Å². The summed E-state index contributed by atoms with van der Waals surface area (Å²) in [5.74, 6) is -0.339. The van der Waals surface area contributed by atoms with Crippen molar-refractivity contribution in [2.45, 2.75) is 23.9 Å². The molecule has 142 valence electrons. The van der Waals surface area contributed by atoms with Gasteiger partial charge in [0.2, 0.25) is 15.9 Å². The zero-order valence-corrected chi connectivity index (χ0v) is 15.9. The number of hydrogen-bond acceptors (Lipinski definition) is 5. The lowest BCUT2D eigenvalue weighted by molar-refractivity contribution is -0.384. The zero-order valence-electron chi connectivity index (χ0n) is 15.1. The van der Waals surface area contributed by atoms with Gasteiger partial charge in [-0.2, -0.15) is 4.31 Å². The predicted molar refractivity (Wildman–Crippen MR) is 98.5 cm³/mol. The summed E-state index contributed by atoms with van der Waals surface area (Å²) in [5.41, 5.74) is 1.37. The molecule has 0 aromatic heterocycles. The molecular weight excluding hydrogens is 370 g/mol. The molecule has 2 aromatic rings. The maximum atomic E-state index is 13.0. The summed E-state index contributed by atoms with van der Waals surface area (Å²) in [6.45, 7) is 1.85. The molecule has 1 saturated heterocycles. The number of non-ortho nitro benzene ring substituents is 1. The number of hydrogen-bond donors (Lipinski definition) is 0. The molecule has 1 aliphatic heterocycles. The molecule has 0 saturated carbocycles. The van der Waals surface area contributed by atoms with E-state index < -0.39 is 27.0 Å². The van der Waals surface area contributed by atoms with Crippen LogP contribution in [0.4, 0.5) is 5.69 Å². The molecule has 0 spiro atoms. The Morgan fingerprint density at radius 1 is 1.07 bits per heavy atom. The summed E-state index contributed by atoms with van der Waals surface area (Å²) in [4.78, 5) is 24.3. The van der Waals surface area contributed by atoms with E-state index in [2.05, 4.69) is 0 Å². The number of nitrogens with zero attached hydrogens (tertiary/aromatic N) is 3. The van der Waals surface area contributed by atoms with Gasteiger partial charge in [0, 0.05) is 26.2 Å². The summed E-state index contributed by atoms with van der Waals surface area (Å²) in [7, 11) is -0.763. The highest BCUT2D eigenvalue weighted by Gasteiger charge is 2.60. The standard InChI is InChI=1S/C18H19N3O5S/c1-12-4-10-15(11-5-12)27(25,26)20-16(17(20)18(22)19(2)3)13-6-8-14(9-7-13)21(23)24/h4-11,16-17H,1-3H3/t16-,17+,20?/m1/s1. The van der Waals surface area contributed by atoms with Crippen LogP contribution < -0.4 is 0 Å². The molecule has 3 atom stereocenters. The van der Waals surface area contributed by atoms with Crippen LogP contribution in [0.5, 0.6) is 0 Å². The molecular formula is C18H19N3O5S. The highest BCUT2D eigenvalue weighted by atomic mass is 32.2. The average molecular weight is 389 g/mol. The highest BCUT2D eigenvalue weighted by Crippen LogP contribution is 2.48. The third kappa shape index (κ3) is 3.43. The second kappa shape index (κ2) is 6.75. The predicted octanol–water partition coefficient (Wildman–Crippen LogP) is 2.11. The molecule has 1 unspecified atom stereocenters. The van der Waals surface area contributed by atoms with Gasteiger partial charge in [-0.1, -0.05) is 29.8 Å². The van der Waals surface area contributed by atoms with Crippen molar-refractivity contribution in [3.05, 3.63) is 69.8 Å². The van der Waals surface area contributed by atoms with E-state index in [1.165, 1.54) is 41.3 Å². The third-order valence-electron chi connectivity index (χ3n) is 4.49. The first-order valence-electron chi connectivity index (χ1n) is 8.20. The van der Waals surface area contributed by atoms with E-state index in [9.17, 15) is 23.3 Å². The lowest BCUT2D eigenvalue weighted by Gasteiger charge is -2.10. The average Bonchev–Trinajstić information content (AvgIpc) is 3.37. The number of benzene rings is 2. The van der Waals surface area contributed by atoms with Crippen LogP contribution in [0.25, 0.3) is 0 Å². The Bertz CT molecular complexity index is 985. The van der Waals surface area contributed by atoms with Crippen molar-refractivity contribution < 1.29 is 18.1 Å². The molecule has 0 bridgehead atoms. The van der Waals surface area contributed by atoms with Crippen LogP contribution in [0.15, 0.2) is 53.4 Å². The number of sulfonamides is 1. The SMILES string of the molecule is Cc1ccc(S(=O)(=O)N2[C@H](C(=O)N(C)C)[C@H]2c2ccc([N+](=O)[O-])cc2)cc1. The molecule has 2 aromatic carbocycles. The fourth-order valence-electron chi connectivity index (χ4n) is 2.97. The van der Waals surface area contributed by atoms with Crippen LogP contribution in [0.2, 0.25) is 0 Å². The Hall–Kier alpha value is -2.78. The quantitative estimate of drug-likeness (QED) is 0.443. The first kappa shape index (κ1) is 19.0. The molecule has 27 heavy (non-hydrogen) atoms. The Kier molecular flexibility index (Phi) is 4.75. The van der Waals surface area contributed by atoms with E-state index in [-0.39, 0.29) is 16.5 Å². The van der Waals surface area contributed by atoms with Crippen molar-refractivity contribution in [2.24, 2.45) is 0 Å². The third-order valence-corrected chi connectivity index (χ3v) is 6.37. The molecule has 1 fully saturated rings. The van der Waals surface area contributed by atoms with Crippen LogP contribution in [0.3, 0.4) is 0 Å². The van der Waals surface area contributed by atoms with Gasteiger partial charge in [0.1, 0.15) is 6.04 Å². The minimum atomic E-state index is -3.88. The van der Waals surface area contributed by atoms with Crippen molar-refractivity contribution in [2.75, 3.05) is 14.1 Å². The number of rotatable bonds is 5. The first-order chi connectivity index (χ1) is 12.6. The second-order valence-corrected chi connectivity index (χ2v) is 8.46. The van der Waals surface area contributed by atoms with E-state index in [4.69, 9.17) is 0 Å². The van der Waals surface area contributed by atoms with Gasteiger partial charge in [0.05, 0.1) is 15.9 Å². The lowest BCUT2D eigenvalue weighted by atomic mass is 10.1. The van der Waals surface area contributed by atoms with Gasteiger partial charge in [0.15, 0.2) is 0 Å². The summed E-state index contributed by atoms with van der Waals surface area (Å²) in [5, 5.41) is 10.8. The van der Waals surface area contributed by atoms with E-state index in [0.717, 1.165) is 9.87 Å². The number of amides is 1. The van der Waals surface area contributed by atoms with Gasteiger partial charge < -0.3 is 4.90 Å². The molecule has 8 nitrogen and oxygen atoms in total. The van der Waals surface area contributed by atoms with Crippen molar-refractivity contribution in [3.63, 3.8) is 0 Å². The normalized spacial score (nSPS) is 21.5. The summed E-state index contributed by atoms with van der Waals surface area (Å²) >= 11 is 0. The number of aryl methyl sites for hydroxylation is 1. The van der Waals surface area contributed by atoms with E-state index >= 15 is 0 Å². The van der Waals surface area contributed by atoms with Crippen LogP contribution in [0.1, 0.15) is 17.2 Å². The van der Waals surface area contributed by atoms with E-state index in [1.54, 1.807) is 26.2 Å². The zero-order chi connectivity index (χ0) is 19.9. The molecule has 0 radical (unpaired) electrons. The molecule has 9 heteroatoms. The Balaban J connectivity index is 1.99. The molecule has 1 aliphatic rings. The van der Waals surface area contributed by atoms with Gasteiger partial charge in [-0.15, -0.1) is 0 Å². The number of nitro benzene ring substituents is 1. The smallest absolute Gasteiger partial charge is 0.269 e. The highest BCUT2D eigenvalue weighted by molar-refractivity contribution is 7.89. The van der Waals surface area contributed by atoms with Gasteiger partial charge in [-0.3, -0.25) is 14.9 Å². The Morgan fingerprint density at radius 3 is 2.11 bits per heavy atom. The second-order valence-electron chi connectivity index (χ2n) is 6.62. The summed E-state index contributed by atoms with van der Waals surface area (Å²) < 4.78 is 27.3. The molecule has 1 heterocycles. The Labute approximate surface area is 157 Å². The summed E-state index contributed by atoms with van der Waals surface area (Å²) in [6.07, 6.45) is 0. The van der Waals surface area contributed by atoms with Crippen LogP contribution in [-0.4, -0.2) is 48.6 Å². The maximum Gasteiger partial charge on any atom is 0.269 e. The van der Waals surface area contributed by atoms with Crippen molar-refractivity contribution >= 4 is 21.6 Å². The topological polar surface area (TPSA) is 101 Å². The summed E-state index contributed by atoms with van der Waals surface area (Å²) in [6, 6.07) is 10.4. The van der Waals surface area contributed by atoms with Gasteiger partial charge in [0.25, 0.3) is 5.69 Å². The molecule has 0 N–H and O–H groups in total. The minimum Gasteiger partial charge on any atom is -0.347 e.